The SMILES string of the molecule is Cl.Cl.N[C@@H]1CCC[C@H]1CC(=O)NCCc1nc(C2CCCCC2)cs1. The van der Waals surface area contributed by atoms with Crippen LogP contribution in [0.2, 0.25) is 0 Å². The van der Waals surface area contributed by atoms with Crippen molar-refractivity contribution >= 4 is 42.1 Å². The number of carbonyl (C=O) groups is 1. The van der Waals surface area contributed by atoms with Gasteiger partial charge in [0.05, 0.1) is 10.7 Å². The summed E-state index contributed by atoms with van der Waals surface area (Å²) in [6, 6.07) is 0.220. The van der Waals surface area contributed by atoms with Crippen molar-refractivity contribution < 1.29 is 4.79 Å². The molecule has 1 aromatic heterocycles. The highest BCUT2D eigenvalue weighted by Gasteiger charge is 2.25. The molecule has 0 unspecified atom stereocenters. The lowest BCUT2D eigenvalue weighted by atomic mass is 9.87. The number of nitrogens with two attached hydrogens (primary N) is 1. The Kier molecular flexibility index (Phi) is 10.3. The third-order valence-electron chi connectivity index (χ3n) is 5.42. The Labute approximate surface area is 167 Å². The van der Waals surface area contributed by atoms with Gasteiger partial charge in [-0.05, 0) is 31.6 Å². The van der Waals surface area contributed by atoms with Gasteiger partial charge in [0.2, 0.25) is 5.91 Å². The molecule has 0 aromatic carbocycles. The molecule has 2 fully saturated rings. The summed E-state index contributed by atoms with van der Waals surface area (Å²) in [5.41, 5.74) is 7.32. The Bertz CT molecular complexity index is 520. The minimum atomic E-state index is 0. The van der Waals surface area contributed by atoms with Crippen LogP contribution in [0.4, 0.5) is 0 Å². The standard InChI is InChI=1S/C18H29N3OS.2ClH/c19-15-8-4-7-14(15)11-17(22)20-10-9-18-21-16(12-23-18)13-5-2-1-3-6-13;;/h12-15H,1-11,19H2,(H,20,22);2*1H/t14-,15+;;/m0../s1. The van der Waals surface area contributed by atoms with Gasteiger partial charge in [-0.3, -0.25) is 4.79 Å². The van der Waals surface area contributed by atoms with E-state index in [0.29, 0.717) is 24.8 Å². The van der Waals surface area contributed by atoms with Crippen LogP contribution in [0.1, 0.15) is 74.4 Å². The van der Waals surface area contributed by atoms with Crippen LogP contribution in [0, 0.1) is 5.92 Å². The quantitative estimate of drug-likeness (QED) is 0.741. The number of hydrogen-bond acceptors (Lipinski definition) is 4. The van der Waals surface area contributed by atoms with Gasteiger partial charge in [-0.15, -0.1) is 36.2 Å². The average Bonchev–Trinajstić information content (AvgIpc) is 3.18. The molecule has 2 aliphatic rings. The van der Waals surface area contributed by atoms with Crippen molar-refractivity contribution in [3.63, 3.8) is 0 Å². The molecule has 3 N–H and O–H groups in total. The van der Waals surface area contributed by atoms with E-state index in [-0.39, 0.29) is 36.8 Å². The van der Waals surface area contributed by atoms with Gasteiger partial charge >= 0.3 is 0 Å². The van der Waals surface area contributed by atoms with E-state index in [1.165, 1.54) is 44.2 Å². The van der Waals surface area contributed by atoms with Gasteiger partial charge < -0.3 is 11.1 Å². The maximum Gasteiger partial charge on any atom is 0.220 e. The van der Waals surface area contributed by atoms with Gasteiger partial charge in [-0.25, -0.2) is 4.98 Å². The van der Waals surface area contributed by atoms with E-state index in [4.69, 9.17) is 10.7 Å². The van der Waals surface area contributed by atoms with Crippen LogP contribution in [0.3, 0.4) is 0 Å². The Morgan fingerprint density at radius 1 is 1.16 bits per heavy atom. The predicted molar refractivity (Wildman–Crippen MR) is 109 cm³/mol. The van der Waals surface area contributed by atoms with Crippen LogP contribution < -0.4 is 11.1 Å². The second kappa shape index (κ2) is 11.4. The Morgan fingerprint density at radius 2 is 1.92 bits per heavy atom. The lowest BCUT2D eigenvalue weighted by Gasteiger charge is -2.19. The average molecular weight is 408 g/mol. The summed E-state index contributed by atoms with van der Waals surface area (Å²) < 4.78 is 0. The van der Waals surface area contributed by atoms with Crippen LogP contribution in [-0.4, -0.2) is 23.5 Å². The Hall–Kier alpha value is -0.360. The second-order valence-electron chi connectivity index (χ2n) is 7.16. The lowest BCUT2D eigenvalue weighted by molar-refractivity contribution is -0.122. The third kappa shape index (κ3) is 6.70. The first-order valence-corrected chi connectivity index (χ1v) is 10.1. The first kappa shape index (κ1) is 22.7. The van der Waals surface area contributed by atoms with Gasteiger partial charge in [0.1, 0.15) is 0 Å². The van der Waals surface area contributed by atoms with Crippen LogP contribution in [0.15, 0.2) is 5.38 Å². The number of rotatable bonds is 6. The van der Waals surface area contributed by atoms with Crippen molar-refractivity contribution in [2.24, 2.45) is 11.7 Å². The first-order valence-electron chi connectivity index (χ1n) is 9.19. The molecule has 0 radical (unpaired) electrons. The zero-order valence-electron chi connectivity index (χ0n) is 14.7. The van der Waals surface area contributed by atoms with E-state index < -0.39 is 0 Å². The third-order valence-corrected chi connectivity index (χ3v) is 6.35. The largest absolute Gasteiger partial charge is 0.356 e. The van der Waals surface area contributed by atoms with Crippen molar-refractivity contribution in [3.05, 3.63) is 16.1 Å². The molecular formula is C18H31Cl2N3OS. The molecule has 0 saturated heterocycles. The van der Waals surface area contributed by atoms with E-state index in [0.717, 1.165) is 24.3 Å². The zero-order valence-corrected chi connectivity index (χ0v) is 17.2. The molecule has 144 valence electrons. The zero-order chi connectivity index (χ0) is 16.1. The number of aromatic nitrogens is 1. The number of thiazole rings is 1. The van der Waals surface area contributed by atoms with Crippen LogP contribution in [0.5, 0.6) is 0 Å². The molecule has 7 heteroatoms. The molecular weight excluding hydrogens is 377 g/mol. The highest BCUT2D eigenvalue weighted by atomic mass is 35.5. The molecule has 0 spiro atoms. The number of nitrogens with one attached hydrogen (secondary N) is 1. The lowest BCUT2D eigenvalue weighted by Crippen LogP contribution is -2.32. The fraction of sp³-hybridized carbons (Fsp3) is 0.778. The highest BCUT2D eigenvalue weighted by molar-refractivity contribution is 7.09. The maximum absolute atomic E-state index is 12.0. The fourth-order valence-electron chi connectivity index (χ4n) is 3.96. The second-order valence-corrected chi connectivity index (χ2v) is 8.10. The van der Waals surface area contributed by atoms with E-state index in [2.05, 4.69) is 10.7 Å². The topological polar surface area (TPSA) is 68.0 Å². The van der Waals surface area contributed by atoms with E-state index in [1.807, 2.05) is 0 Å². The van der Waals surface area contributed by atoms with E-state index >= 15 is 0 Å². The van der Waals surface area contributed by atoms with Gasteiger partial charge in [-0.2, -0.15) is 0 Å². The molecule has 2 saturated carbocycles. The molecule has 1 aromatic rings. The maximum atomic E-state index is 12.0. The summed E-state index contributed by atoms with van der Waals surface area (Å²) in [5, 5.41) is 6.42. The van der Waals surface area contributed by atoms with Crippen LogP contribution in [-0.2, 0) is 11.2 Å². The molecule has 0 bridgehead atoms. The van der Waals surface area contributed by atoms with Crippen molar-refractivity contribution in [2.45, 2.75) is 76.2 Å². The number of nitrogens with zero attached hydrogens (tertiary/aromatic N) is 1. The molecule has 2 aliphatic carbocycles. The Morgan fingerprint density at radius 3 is 2.60 bits per heavy atom. The summed E-state index contributed by atoms with van der Waals surface area (Å²) in [7, 11) is 0. The smallest absolute Gasteiger partial charge is 0.220 e. The van der Waals surface area contributed by atoms with Crippen molar-refractivity contribution in [3.8, 4) is 0 Å². The van der Waals surface area contributed by atoms with E-state index in [9.17, 15) is 4.79 Å². The molecule has 4 nitrogen and oxygen atoms in total. The van der Waals surface area contributed by atoms with Crippen molar-refractivity contribution in [1.29, 1.82) is 0 Å². The van der Waals surface area contributed by atoms with Gasteiger partial charge in [0.25, 0.3) is 0 Å². The fourth-order valence-corrected chi connectivity index (χ4v) is 4.84. The van der Waals surface area contributed by atoms with Gasteiger partial charge in [0.15, 0.2) is 0 Å². The monoisotopic (exact) mass is 407 g/mol. The number of carbonyl (C=O) groups excluding carboxylic acids is 1. The molecule has 0 aliphatic heterocycles. The van der Waals surface area contributed by atoms with Crippen LogP contribution in [0.25, 0.3) is 0 Å². The summed E-state index contributed by atoms with van der Waals surface area (Å²) in [6.07, 6.45) is 11.4. The first-order chi connectivity index (χ1) is 11.2. The summed E-state index contributed by atoms with van der Waals surface area (Å²) >= 11 is 1.75. The van der Waals surface area contributed by atoms with Crippen molar-refractivity contribution in [2.75, 3.05) is 6.54 Å². The number of hydrogen-bond donors (Lipinski definition) is 2. The van der Waals surface area contributed by atoms with Crippen LogP contribution >= 0.6 is 36.2 Å². The molecule has 1 heterocycles. The number of amides is 1. The van der Waals surface area contributed by atoms with E-state index in [1.54, 1.807) is 11.3 Å². The highest BCUT2D eigenvalue weighted by Crippen LogP contribution is 2.33. The molecule has 25 heavy (non-hydrogen) atoms. The van der Waals surface area contributed by atoms with Gasteiger partial charge in [-0.1, -0.05) is 25.7 Å². The minimum absolute atomic E-state index is 0. The summed E-state index contributed by atoms with van der Waals surface area (Å²) in [4.78, 5) is 16.8. The summed E-state index contributed by atoms with van der Waals surface area (Å²) in [6.45, 7) is 0.693. The normalized spacial score (nSPS) is 23.6. The summed E-state index contributed by atoms with van der Waals surface area (Å²) in [5.74, 6) is 1.20. The molecule has 2 atom stereocenters. The molecule has 1 amide bonds. The predicted octanol–water partition coefficient (Wildman–Crippen LogP) is 4.21. The Balaban J connectivity index is 0.00000156. The molecule has 3 rings (SSSR count). The number of halogens is 2. The minimum Gasteiger partial charge on any atom is -0.356 e. The van der Waals surface area contributed by atoms with Crippen molar-refractivity contribution in [1.82, 2.24) is 10.3 Å². The van der Waals surface area contributed by atoms with Gasteiger partial charge in [0, 0.05) is 36.7 Å².